The van der Waals surface area contributed by atoms with Crippen LogP contribution in [0.3, 0.4) is 0 Å². The summed E-state index contributed by atoms with van der Waals surface area (Å²) >= 11 is 10.0. The summed E-state index contributed by atoms with van der Waals surface area (Å²) in [7, 11) is 0. The maximum absolute atomic E-state index is 6.15. The Labute approximate surface area is 116 Å². The van der Waals surface area contributed by atoms with Crippen molar-refractivity contribution in [1.29, 1.82) is 0 Å². The summed E-state index contributed by atoms with van der Waals surface area (Å²) in [5.74, 6) is 2.64. The molecule has 0 saturated carbocycles. The first kappa shape index (κ1) is 12.3. The highest BCUT2D eigenvalue weighted by atomic mass is 35.5. The lowest BCUT2D eigenvalue weighted by molar-refractivity contribution is 0.381. The molecule has 2 aliphatic rings. The van der Waals surface area contributed by atoms with Gasteiger partial charge in [0.05, 0.1) is 4.34 Å². The van der Waals surface area contributed by atoms with Crippen LogP contribution in [0.4, 0.5) is 0 Å². The Morgan fingerprint density at radius 3 is 2.88 bits per heavy atom. The van der Waals surface area contributed by atoms with Gasteiger partial charge < -0.3 is 5.32 Å². The van der Waals surface area contributed by atoms with Crippen molar-refractivity contribution in [2.75, 3.05) is 11.5 Å². The van der Waals surface area contributed by atoms with Crippen molar-refractivity contribution in [1.82, 2.24) is 5.32 Å². The molecule has 0 bridgehead atoms. The third-order valence-electron chi connectivity index (χ3n) is 3.74. The van der Waals surface area contributed by atoms with Crippen molar-refractivity contribution in [3.05, 3.63) is 20.8 Å². The van der Waals surface area contributed by atoms with Crippen molar-refractivity contribution < 1.29 is 0 Å². The van der Waals surface area contributed by atoms with Crippen LogP contribution < -0.4 is 5.32 Å². The second kappa shape index (κ2) is 5.52. The van der Waals surface area contributed by atoms with Crippen molar-refractivity contribution in [2.24, 2.45) is 0 Å². The van der Waals surface area contributed by atoms with Crippen LogP contribution >= 0.6 is 34.7 Å². The van der Waals surface area contributed by atoms with Gasteiger partial charge >= 0.3 is 0 Å². The molecule has 0 spiro atoms. The zero-order chi connectivity index (χ0) is 11.7. The van der Waals surface area contributed by atoms with E-state index in [1.54, 1.807) is 11.3 Å². The van der Waals surface area contributed by atoms with Gasteiger partial charge in [0.1, 0.15) is 0 Å². The Morgan fingerprint density at radius 2 is 2.06 bits per heavy atom. The Bertz CT molecular complexity index is 385. The molecular weight excluding hydrogens is 270 g/mol. The topological polar surface area (TPSA) is 12.0 Å². The number of hydrogen-bond acceptors (Lipinski definition) is 3. The fourth-order valence-electron chi connectivity index (χ4n) is 2.84. The fourth-order valence-corrected chi connectivity index (χ4v) is 5.33. The monoisotopic (exact) mass is 287 g/mol. The van der Waals surface area contributed by atoms with E-state index in [0.29, 0.717) is 6.04 Å². The summed E-state index contributed by atoms with van der Waals surface area (Å²) in [6.45, 7) is 0. The van der Waals surface area contributed by atoms with Gasteiger partial charge in [0.15, 0.2) is 0 Å². The Kier molecular flexibility index (Phi) is 4.00. The molecule has 1 N–H and O–H groups in total. The van der Waals surface area contributed by atoms with Crippen LogP contribution in [-0.4, -0.2) is 17.5 Å². The van der Waals surface area contributed by atoms with Gasteiger partial charge in [0, 0.05) is 17.0 Å². The van der Waals surface area contributed by atoms with Crippen LogP contribution in [0.2, 0.25) is 4.34 Å². The predicted molar refractivity (Wildman–Crippen MR) is 78.5 cm³/mol. The van der Waals surface area contributed by atoms with Crippen LogP contribution in [0.25, 0.3) is 0 Å². The van der Waals surface area contributed by atoms with E-state index in [2.05, 4.69) is 23.1 Å². The predicted octanol–water partition coefficient (Wildman–Crippen LogP) is 4.26. The number of rotatable bonds is 2. The minimum Gasteiger partial charge on any atom is -0.307 e. The molecule has 1 atom stereocenters. The van der Waals surface area contributed by atoms with Crippen LogP contribution in [0.5, 0.6) is 0 Å². The lowest BCUT2D eigenvalue weighted by Crippen LogP contribution is -2.36. The maximum atomic E-state index is 6.15. The molecule has 1 nitrogen and oxygen atoms in total. The van der Waals surface area contributed by atoms with Crippen LogP contribution in [0.1, 0.15) is 42.2 Å². The normalized spacial score (nSPS) is 25.8. The van der Waals surface area contributed by atoms with Crippen molar-refractivity contribution in [3.8, 4) is 0 Å². The van der Waals surface area contributed by atoms with E-state index >= 15 is 0 Å². The van der Waals surface area contributed by atoms with Gasteiger partial charge in [-0.2, -0.15) is 11.8 Å². The first-order valence-electron chi connectivity index (χ1n) is 6.45. The zero-order valence-corrected chi connectivity index (χ0v) is 12.3. The van der Waals surface area contributed by atoms with E-state index < -0.39 is 0 Å². The summed E-state index contributed by atoms with van der Waals surface area (Å²) in [6.07, 6.45) is 6.47. The van der Waals surface area contributed by atoms with Gasteiger partial charge in [-0.1, -0.05) is 11.6 Å². The highest BCUT2D eigenvalue weighted by Gasteiger charge is 2.25. The van der Waals surface area contributed by atoms with Gasteiger partial charge in [-0.25, -0.2) is 0 Å². The van der Waals surface area contributed by atoms with Crippen molar-refractivity contribution >= 4 is 34.7 Å². The molecule has 3 rings (SSSR count). The quantitative estimate of drug-likeness (QED) is 0.872. The number of nitrogens with one attached hydrogen (secondary N) is 1. The van der Waals surface area contributed by atoms with Gasteiger partial charge in [0.2, 0.25) is 0 Å². The van der Waals surface area contributed by atoms with Crippen LogP contribution in [-0.2, 0) is 6.42 Å². The van der Waals surface area contributed by atoms with Crippen LogP contribution in [0, 0.1) is 0 Å². The second-order valence-corrected chi connectivity index (χ2v) is 7.92. The first-order chi connectivity index (χ1) is 8.33. The third kappa shape index (κ3) is 2.83. The third-order valence-corrected chi connectivity index (χ3v) is 6.13. The SMILES string of the molecule is Clc1cc2c(s1)CCCC2NC1CCSCC1. The Morgan fingerprint density at radius 1 is 1.24 bits per heavy atom. The van der Waals surface area contributed by atoms with E-state index in [-0.39, 0.29) is 0 Å². The van der Waals surface area contributed by atoms with Gasteiger partial charge in [0.25, 0.3) is 0 Å². The number of thiophene rings is 1. The summed E-state index contributed by atoms with van der Waals surface area (Å²) < 4.78 is 0.961. The van der Waals surface area contributed by atoms with Crippen molar-refractivity contribution in [3.63, 3.8) is 0 Å². The Balaban J connectivity index is 1.71. The first-order valence-corrected chi connectivity index (χ1v) is 8.80. The van der Waals surface area contributed by atoms with E-state index in [0.717, 1.165) is 10.4 Å². The van der Waals surface area contributed by atoms with Crippen molar-refractivity contribution in [2.45, 2.75) is 44.2 Å². The molecule has 17 heavy (non-hydrogen) atoms. The molecule has 0 aromatic carbocycles. The van der Waals surface area contributed by atoms with Crippen LogP contribution in [0.15, 0.2) is 6.07 Å². The average Bonchev–Trinajstić information content (AvgIpc) is 2.72. The van der Waals surface area contributed by atoms with Gasteiger partial charge in [-0.3, -0.25) is 0 Å². The largest absolute Gasteiger partial charge is 0.307 e. The molecular formula is C13H18ClNS2. The number of halogens is 1. The average molecular weight is 288 g/mol. The molecule has 2 heterocycles. The highest BCUT2D eigenvalue weighted by Crippen LogP contribution is 2.38. The zero-order valence-electron chi connectivity index (χ0n) is 9.88. The molecule has 1 fully saturated rings. The number of fused-ring (bicyclic) bond motifs is 1. The molecule has 0 radical (unpaired) electrons. The van der Waals surface area contributed by atoms with E-state index in [1.807, 2.05) is 0 Å². The minimum absolute atomic E-state index is 0.565. The van der Waals surface area contributed by atoms with E-state index in [4.69, 9.17) is 11.6 Å². The van der Waals surface area contributed by atoms with E-state index in [1.165, 1.54) is 54.1 Å². The number of aryl methyl sites for hydroxylation is 1. The molecule has 0 amide bonds. The summed E-state index contributed by atoms with van der Waals surface area (Å²) in [6, 6.07) is 3.48. The number of hydrogen-bond donors (Lipinski definition) is 1. The molecule has 1 aromatic heterocycles. The smallest absolute Gasteiger partial charge is 0.0934 e. The lowest BCUT2D eigenvalue weighted by atomic mass is 9.93. The standard InChI is InChI=1S/C13H18ClNS2/c14-13-8-10-11(2-1-3-12(10)17-13)15-9-4-6-16-7-5-9/h8-9,11,15H,1-7H2. The molecule has 4 heteroatoms. The lowest BCUT2D eigenvalue weighted by Gasteiger charge is -2.30. The molecule has 94 valence electrons. The summed E-state index contributed by atoms with van der Waals surface area (Å²) in [5, 5.41) is 3.86. The minimum atomic E-state index is 0.565. The van der Waals surface area contributed by atoms with E-state index in [9.17, 15) is 0 Å². The van der Waals surface area contributed by atoms with Gasteiger partial charge in [-0.15, -0.1) is 11.3 Å². The molecule has 1 aromatic rings. The maximum Gasteiger partial charge on any atom is 0.0934 e. The highest BCUT2D eigenvalue weighted by molar-refractivity contribution is 7.99. The number of thioether (sulfide) groups is 1. The molecule has 1 saturated heterocycles. The molecule has 1 aliphatic heterocycles. The molecule has 1 aliphatic carbocycles. The Hall–Kier alpha value is 0.300. The van der Waals surface area contributed by atoms with Gasteiger partial charge in [-0.05, 0) is 55.2 Å². The second-order valence-electron chi connectivity index (χ2n) is 4.93. The fraction of sp³-hybridized carbons (Fsp3) is 0.692. The summed E-state index contributed by atoms with van der Waals surface area (Å²) in [4.78, 5) is 1.52. The molecule has 1 unspecified atom stereocenters. The summed E-state index contributed by atoms with van der Waals surface area (Å²) in [5.41, 5.74) is 1.49.